The van der Waals surface area contributed by atoms with Gasteiger partial charge in [-0.05, 0) is 24.5 Å². The number of benzene rings is 2. The van der Waals surface area contributed by atoms with Gasteiger partial charge in [-0.25, -0.2) is 18.7 Å². The molecule has 2 aromatic carbocycles. The second-order valence-corrected chi connectivity index (χ2v) is 9.16. The van der Waals surface area contributed by atoms with Gasteiger partial charge in [-0.3, -0.25) is 4.18 Å². The van der Waals surface area contributed by atoms with Gasteiger partial charge in [0.25, 0.3) is 0 Å². The van der Waals surface area contributed by atoms with Crippen LogP contribution in [0.4, 0.5) is 14.4 Å². The number of carbonyl (C=O) groups is 3. The second kappa shape index (κ2) is 8.14. The molecule has 1 saturated heterocycles. The summed E-state index contributed by atoms with van der Waals surface area (Å²) in [6, 6.07) is 17.9. The van der Waals surface area contributed by atoms with Crippen molar-refractivity contribution in [2.75, 3.05) is 6.61 Å². The van der Waals surface area contributed by atoms with Crippen LogP contribution in [0.3, 0.4) is 0 Å². The van der Waals surface area contributed by atoms with Gasteiger partial charge in [0, 0.05) is 0 Å². The quantitative estimate of drug-likeness (QED) is 0.742. The molecule has 2 N–H and O–H groups in total. The zero-order valence-electron chi connectivity index (χ0n) is 15.7. The Kier molecular flexibility index (Phi) is 5.81. The number of ether oxygens (including phenoxy) is 1. The van der Waals surface area contributed by atoms with Crippen molar-refractivity contribution in [3.05, 3.63) is 71.8 Å². The molecule has 1 aliphatic heterocycles. The molecular formula is C20H21NO7S. The molecule has 0 spiro atoms. The van der Waals surface area contributed by atoms with Crippen LogP contribution in [0.1, 0.15) is 18.1 Å². The summed E-state index contributed by atoms with van der Waals surface area (Å²) >= 11 is 0. The normalized spacial score (nSPS) is 21.3. The van der Waals surface area contributed by atoms with E-state index in [1.165, 1.54) is 0 Å². The molecule has 1 fully saturated rings. The molecule has 0 aromatic heterocycles. The molecule has 0 bridgehead atoms. The maximum absolute atomic E-state index is 13.0. The average molecular weight is 419 g/mol. The van der Waals surface area contributed by atoms with Crippen molar-refractivity contribution in [2.24, 2.45) is 0 Å². The van der Waals surface area contributed by atoms with Gasteiger partial charge >= 0.3 is 16.7 Å². The molecule has 9 heteroatoms. The SMILES string of the molecule is C[C@]1(Cc2ccccc2)COS(C(=O)O)(C(=O)O)N1C(=O)OCc1ccccc1. The number of carbonyl (C=O) groups excluding carboxylic acids is 1. The maximum Gasteiger partial charge on any atom is 0.422 e. The van der Waals surface area contributed by atoms with E-state index in [4.69, 9.17) is 8.92 Å². The zero-order valence-corrected chi connectivity index (χ0v) is 16.5. The van der Waals surface area contributed by atoms with Crippen LogP contribution in [-0.2, 0) is 21.9 Å². The minimum absolute atomic E-state index is 0.119. The van der Waals surface area contributed by atoms with Gasteiger partial charge in [0.2, 0.25) is 0 Å². The highest BCUT2D eigenvalue weighted by Gasteiger charge is 2.63. The van der Waals surface area contributed by atoms with E-state index in [-0.39, 0.29) is 19.6 Å². The number of nitrogens with zero attached hydrogens (tertiary/aromatic N) is 1. The first kappa shape index (κ1) is 20.7. The summed E-state index contributed by atoms with van der Waals surface area (Å²) < 4.78 is 11.4. The van der Waals surface area contributed by atoms with Crippen LogP contribution in [0.25, 0.3) is 0 Å². The highest BCUT2D eigenvalue weighted by molar-refractivity contribution is 8.50. The number of amides is 1. The fourth-order valence-corrected chi connectivity index (χ4v) is 5.42. The van der Waals surface area contributed by atoms with Crippen LogP contribution in [0, 0.1) is 0 Å². The molecule has 0 aliphatic carbocycles. The minimum Gasteiger partial charge on any atom is -0.471 e. The summed E-state index contributed by atoms with van der Waals surface area (Å²) in [5.74, 6) is 0. The first-order valence-corrected chi connectivity index (χ1v) is 10.3. The summed E-state index contributed by atoms with van der Waals surface area (Å²) in [5, 5.41) is 16.0. The van der Waals surface area contributed by atoms with Crippen LogP contribution < -0.4 is 0 Å². The van der Waals surface area contributed by atoms with E-state index in [1.54, 1.807) is 49.4 Å². The molecule has 1 amide bonds. The Morgan fingerprint density at radius 2 is 1.52 bits per heavy atom. The van der Waals surface area contributed by atoms with Gasteiger partial charge in [0.1, 0.15) is 6.61 Å². The number of rotatable bonds is 4. The lowest BCUT2D eigenvalue weighted by molar-refractivity contribution is 0.0956. The van der Waals surface area contributed by atoms with E-state index in [9.17, 15) is 24.6 Å². The average Bonchev–Trinajstić information content (AvgIpc) is 3.02. The summed E-state index contributed by atoms with van der Waals surface area (Å²) in [7, 11) is -3.97. The fourth-order valence-electron chi connectivity index (χ4n) is 3.23. The van der Waals surface area contributed by atoms with Crippen LogP contribution in [-0.4, -0.2) is 43.4 Å². The standard InChI is InChI=1S/C20H21NO7S/c1-20(12-15-8-4-2-5-9-15)14-28-29(18(23)24,19(25)26)21(20)17(22)27-13-16-10-6-3-7-11-16/h2-11H,12-14H2,1H3,(H,23,24)(H,25,26)/t20-/m0/s1. The van der Waals surface area contributed by atoms with E-state index >= 15 is 0 Å². The maximum atomic E-state index is 13.0. The number of carboxylic acid groups (broad SMARTS) is 2. The molecular weight excluding hydrogens is 398 g/mol. The lowest BCUT2D eigenvalue weighted by Gasteiger charge is -2.39. The van der Waals surface area contributed by atoms with Gasteiger partial charge in [-0.2, -0.15) is 0 Å². The third kappa shape index (κ3) is 3.92. The highest BCUT2D eigenvalue weighted by atomic mass is 32.3. The van der Waals surface area contributed by atoms with E-state index < -0.39 is 32.7 Å². The summed E-state index contributed by atoms with van der Waals surface area (Å²) in [4.78, 5) is 36.9. The molecule has 8 nitrogen and oxygen atoms in total. The van der Waals surface area contributed by atoms with Crippen molar-refractivity contribution in [2.45, 2.75) is 25.5 Å². The number of hydrogen-bond donors (Lipinski definition) is 2. The van der Waals surface area contributed by atoms with Gasteiger partial charge in [0.05, 0.1) is 12.1 Å². The monoisotopic (exact) mass is 419 g/mol. The molecule has 0 unspecified atom stereocenters. The zero-order chi connectivity index (χ0) is 21.1. The topological polar surface area (TPSA) is 113 Å². The van der Waals surface area contributed by atoms with E-state index in [1.807, 2.05) is 18.2 Å². The van der Waals surface area contributed by atoms with Crippen molar-refractivity contribution in [1.29, 1.82) is 0 Å². The van der Waals surface area contributed by atoms with Crippen molar-refractivity contribution >= 4 is 27.2 Å². The molecule has 1 aliphatic rings. The molecule has 2 aromatic rings. The fraction of sp³-hybridized carbons (Fsp3) is 0.250. The van der Waals surface area contributed by atoms with Crippen molar-refractivity contribution in [3.63, 3.8) is 0 Å². The largest absolute Gasteiger partial charge is 0.471 e. The predicted octanol–water partition coefficient (Wildman–Crippen LogP) is 4.65. The van der Waals surface area contributed by atoms with Gasteiger partial charge in [-0.15, -0.1) is 0 Å². The first-order valence-electron chi connectivity index (χ1n) is 8.78. The summed E-state index contributed by atoms with van der Waals surface area (Å²) in [5.41, 5.74) is 0.295. The summed E-state index contributed by atoms with van der Waals surface area (Å²) in [6.07, 6.45) is -0.826. The highest BCUT2D eigenvalue weighted by Crippen LogP contribution is 2.62. The number of hydrogen-bond acceptors (Lipinski definition) is 5. The van der Waals surface area contributed by atoms with Crippen LogP contribution in [0.2, 0.25) is 0 Å². The molecule has 0 saturated carbocycles. The second-order valence-electron chi connectivity index (χ2n) is 6.81. The van der Waals surface area contributed by atoms with Crippen LogP contribution in [0.5, 0.6) is 0 Å². The van der Waals surface area contributed by atoms with Gasteiger partial charge in [-0.1, -0.05) is 60.7 Å². The smallest absolute Gasteiger partial charge is 0.422 e. The third-order valence-electron chi connectivity index (χ3n) is 4.56. The van der Waals surface area contributed by atoms with Crippen molar-refractivity contribution < 1.29 is 33.5 Å². The molecule has 1 atom stereocenters. The van der Waals surface area contributed by atoms with Crippen molar-refractivity contribution in [1.82, 2.24) is 4.31 Å². The Morgan fingerprint density at radius 3 is 2.03 bits per heavy atom. The Balaban J connectivity index is 1.94. The van der Waals surface area contributed by atoms with E-state index in [0.717, 1.165) is 9.87 Å². The molecule has 0 radical (unpaired) electrons. The summed E-state index contributed by atoms with van der Waals surface area (Å²) in [6.45, 7) is 1.24. The Labute approximate surface area is 169 Å². The Bertz CT molecular complexity index is 892. The van der Waals surface area contributed by atoms with E-state index in [2.05, 4.69) is 0 Å². The lowest BCUT2D eigenvalue weighted by Crippen LogP contribution is -2.51. The lowest BCUT2D eigenvalue weighted by atomic mass is 9.94. The molecule has 1 heterocycles. The molecule has 154 valence electrons. The molecule has 3 rings (SSSR count). The third-order valence-corrected chi connectivity index (χ3v) is 7.07. The van der Waals surface area contributed by atoms with Crippen LogP contribution >= 0.6 is 10.5 Å². The Hall–Kier alpha value is -3.04. The first-order chi connectivity index (χ1) is 13.8. The minimum atomic E-state index is -3.97. The van der Waals surface area contributed by atoms with Crippen molar-refractivity contribution in [3.8, 4) is 0 Å². The van der Waals surface area contributed by atoms with Gasteiger partial charge in [0.15, 0.2) is 10.5 Å². The Morgan fingerprint density at radius 1 is 1.00 bits per heavy atom. The van der Waals surface area contributed by atoms with E-state index in [0.29, 0.717) is 5.56 Å². The van der Waals surface area contributed by atoms with Crippen LogP contribution in [0.15, 0.2) is 60.7 Å². The van der Waals surface area contributed by atoms with Gasteiger partial charge < -0.3 is 14.9 Å². The molecule has 29 heavy (non-hydrogen) atoms. The predicted molar refractivity (Wildman–Crippen MR) is 107 cm³/mol.